The van der Waals surface area contributed by atoms with Crippen LogP contribution in [0.1, 0.15) is 11.7 Å². The molecule has 5 heteroatoms. The maximum absolute atomic E-state index is 12.8. The summed E-state index contributed by atoms with van der Waals surface area (Å²) in [5.74, 6) is -2.22. The summed E-state index contributed by atoms with van der Waals surface area (Å²) in [4.78, 5) is 10.3. The van der Waals surface area contributed by atoms with Crippen molar-refractivity contribution in [1.29, 1.82) is 0 Å². The zero-order valence-corrected chi connectivity index (χ0v) is 7.12. The van der Waals surface area contributed by atoms with Crippen LogP contribution in [-0.4, -0.2) is 16.2 Å². The third-order valence-corrected chi connectivity index (χ3v) is 1.91. The monoisotopic (exact) mass is 204 g/mol. The molecule has 0 aliphatic rings. The fraction of sp³-hybridized carbons (Fsp3) is 0.125. The van der Waals surface area contributed by atoms with Gasteiger partial charge in [-0.05, 0) is 6.07 Å². The van der Waals surface area contributed by atoms with Crippen LogP contribution >= 0.6 is 11.6 Å². The van der Waals surface area contributed by atoms with Crippen LogP contribution in [0.15, 0.2) is 18.2 Å². The number of rotatable bonds is 2. The molecule has 1 aromatic carbocycles. The third kappa shape index (κ3) is 1.96. The molecular formula is C8H6ClFO3. The molecule has 0 heterocycles. The number of aliphatic hydroxyl groups excluding tert-OH is 1. The first-order chi connectivity index (χ1) is 6.04. The van der Waals surface area contributed by atoms with E-state index in [0.29, 0.717) is 0 Å². The molecule has 0 bridgehead atoms. The quantitative estimate of drug-likeness (QED) is 0.769. The van der Waals surface area contributed by atoms with E-state index in [2.05, 4.69) is 0 Å². The highest BCUT2D eigenvalue weighted by atomic mass is 35.5. The Morgan fingerprint density at radius 3 is 2.69 bits per heavy atom. The zero-order chi connectivity index (χ0) is 10.0. The lowest BCUT2D eigenvalue weighted by Gasteiger charge is -2.07. The fourth-order valence-electron chi connectivity index (χ4n) is 0.865. The van der Waals surface area contributed by atoms with Gasteiger partial charge in [0, 0.05) is 5.56 Å². The summed E-state index contributed by atoms with van der Waals surface area (Å²) in [6, 6.07) is 3.62. The van der Waals surface area contributed by atoms with Crippen LogP contribution in [0.5, 0.6) is 0 Å². The Bertz CT molecular complexity index is 340. The summed E-state index contributed by atoms with van der Waals surface area (Å²) in [6.45, 7) is 0. The Kier molecular flexibility index (Phi) is 2.85. The molecule has 0 radical (unpaired) electrons. The summed E-state index contributed by atoms with van der Waals surface area (Å²) < 4.78 is 12.8. The van der Waals surface area contributed by atoms with Crippen LogP contribution in [-0.2, 0) is 4.79 Å². The van der Waals surface area contributed by atoms with E-state index < -0.39 is 17.9 Å². The van der Waals surface area contributed by atoms with E-state index in [9.17, 15) is 9.18 Å². The minimum Gasteiger partial charge on any atom is -0.479 e. The van der Waals surface area contributed by atoms with Crippen molar-refractivity contribution < 1.29 is 19.4 Å². The Balaban J connectivity index is 3.15. The van der Waals surface area contributed by atoms with Gasteiger partial charge in [0.05, 0.1) is 5.02 Å². The van der Waals surface area contributed by atoms with Crippen LogP contribution in [0, 0.1) is 5.82 Å². The van der Waals surface area contributed by atoms with Gasteiger partial charge < -0.3 is 10.2 Å². The van der Waals surface area contributed by atoms with Gasteiger partial charge in [0.15, 0.2) is 6.10 Å². The van der Waals surface area contributed by atoms with Crippen molar-refractivity contribution in [3.8, 4) is 0 Å². The molecule has 1 rings (SSSR count). The Hall–Kier alpha value is -1.13. The molecule has 13 heavy (non-hydrogen) atoms. The lowest BCUT2D eigenvalue weighted by atomic mass is 10.1. The van der Waals surface area contributed by atoms with Gasteiger partial charge in [0.25, 0.3) is 0 Å². The summed E-state index contributed by atoms with van der Waals surface area (Å²) >= 11 is 5.43. The number of aliphatic carboxylic acids is 1. The number of benzene rings is 1. The maximum atomic E-state index is 12.8. The van der Waals surface area contributed by atoms with Gasteiger partial charge in [-0.1, -0.05) is 23.7 Å². The summed E-state index contributed by atoms with van der Waals surface area (Å²) in [6.07, 6.45) is -1.79. The minimum absolute atomic E-state index is 0.144. The van der Waals surface area contributed by atoms with Crippen molar-refractivity contribution >= 4 is 17.6 Å². The number of carboxylic acid groups (broad SMARTS) is 1. The highest BCUT2D eigenvalue weighted by Crippen LogP contribution is 2.25. The Labute approximate surface area is 78.4 Å². The third-order valence-electron chi connectivity index (χ3n) is 1.51. The van der Waals surface area contributed by atoms with Crippen molar-refractivity contribution in [3.63, 3.8) is 0 Å². The van der Waals surface area contributed by atoms with Gasteiger partial charge in [0.2, 0.25) is 0 Å². The highest BCUT2D eigenvalue weighted by molar-refractivity contribution is 6.31. The molecule has 0 saturated carbocycles. The summed E-state index contributed by atoms with van der Waals surface area (Å²) in [5, 5.41) is 17.1. The second kappa shape index (κ2) is 3.72. The lowest BCUT2D eigenvalue weighted by Crippen LogP contribution is -2.11. The van der Waals surface area contributed by atoms with E-state index in [0.717, 1.165) is 6.07 Å². The van der Waals surface area contributed by atoms with E-state index in [1.807, 2.05) is 0 Å². The van der Waals surface area contributed by atoms with E-state index in [-0.39, 0.29) is 10.6 Å². The predicted octanol–water partition coefficient (Wildman–Crippen LogP) is 1.60. The van der Waals surface area contributed by atoms with Crippen molar-refractivity contribution in [2.45, 2.75) is 6.10 Å². The molecule has 0 spiro atoms. The second-order valence-corrected chi connectivity index (χ2v) is 2.76. The van der Waals surface area contributed by atoms with Crippen LogP contribution in [0.4, 0.5) is 4.39 Å². The number of hydrogen-bond donors (Lipinski definition) is 2. The molecule has 0 saturated heterocycles. The number of aliphatic hydroxyl groups is 1. The molecule has 0 aliphatic carbocycles. The summed E-state index contributed by atoms with van der Waals surface area (Å²) in [7, 11) is 0. The maximum Gasteiger partial charge on any atom is 0.337 e. The van der Waals surface area contributed by atoms with Crippen molar-refractivity contribution in [3.05, 3.63) is 34.6 Å². The second-order valence-electron chi connectivity index (χ2n) is 2.38. The minimum atomic E-state index is -1.79. The molecule has 0 aromatic heterocycles. The zero-order valence-electron chi connectivity index (χ0n) is 6.37. The van der Waals surface area contributed by atoms with Gasteiger partial charge in [0.1, 0.15) is 5.82 Å². The van der Waals surface area contributed by atoms with Crippen LogP contribution in [0.3, 0.4) is 0 Å². The van der Waals surface area contributed by atoms with Crippen molar-refractivity contribution in [1.82, 2.24) is 0 Å². The predicted molar refractivity (Wildman–Crippen MR) is 44.0 cm³/mol. The summed E-state index contributed by atoms with van der Waals surface area (Å²) in [5.41, 5.74) is -0.144. The van der Waals surface area contributed by atoms with Crippen LogP contribution in [0.2, 0.25) is 5.02 Å². The molecule has 1 atom stereocenters. The molecular weight excluding hydrogens is 199 g/mol. The van der Waals surface area contributed by atoms with Gasteiger partial charge >= 0.3 is 5.97 Å². The van der Waals surface area contributed by atoms with Crippen LogP contribution < -0.4 is 0 Å². The molecule has 0 aliphatic heterocycles. The van der Waals surface area contributed by atoms with E-state index in [1.54, 1.807) is 0 Å². The topological polar surface area (TPSA) is 57.5 Å². The lowest BCUT2D eigenvalue weighted by molar-refractivity contribution is -0.146. The first kappa shape index (κ1) is 9.95. The van der Waals surface area contributed by atoms with Gasteiger partial charge in [-0.25, -0.2) is 9.18 Å². The van der Waals surface area contributed by atoms with E-state index in [1.165, 1.54) is 12.1 Å². The van der Waals surface area contributed by atoms with Crippen molar-refractivity contribution in [2.75, 3.05) is 0 Å². The molecule has 2 N–H and O–H groups in total. The van der Waals surface area contributed by atoms with Gasteiger partial charge in [-0.15, -0.1) is 0 Å². The molecule has 0 amide bonds. The van der Waals surface area contributed by atoms with E-state index in [4.69, 9.17) is 21.8 Å². The largest absolute Gasteiger partial charge is 0.479 e. The standard InChI is InChI=1S/C8H6ClFO3/c9-6-4(7(11)8(12)13)2-1-3-5(6)10/h1-3,7,11H,(H,12,13). The van der Waals surface area contributed by atoms with Gasteiger partial charge in [-0.2, -0.15) is 0 Å². The average Bonchev–Trinajstić information content (AvgIpc) is 2.08. The molecule has 3 nitrogen and oxygen atoms in total. The highest BCUT2D eigenvalue weighted by Gasteiger charge is 2.20. The Morgan fingerprint density at radius 1 is 1.54 bits per heavy atom. The number of carboxylic acids is 1. The number of halogens is 2. The van der Waals surface area contributed by atoms with Crippen molar-refractivity contribution in [2.24, 2.45) is 0 Å². The molecule has 1 unspecified atom stereocenters. The average molecular weight is 205 g/mol. The van der Waals surface area contributed by atoms with Gasteiger partial charge in [-0.3, -0.25) is 0 Å². The molecule has 70 valence electrons. The normalized spacial score (nSPS) is 12.5. The fourth-order valence-corrected chi connectivity index (χ4v) is 1.09. The molecule has 0 fully saturated rings. The van der Waals surface area contributed by atoms with Crippen LogP contribution in [0.25, 0.3) is 0 Å². The molecule has 1 aromatic rings. The Morgan fingerprint density at radius 2 is 2.15 bits per heavy atom. The van der Waals surface area contributed by atoms with E-state index >= 15 is 0 Å². The number of hydrogen-bond acceptors (Lipinski definition) is 2. The number of carbonyl (C=O) groups is 1. The smallest absolute Gasteiger partial charge is 0.337 e. The SMILES string of the molecule is O=C(O)C(O)c1cccc(F)c1Cl. The first-order valence-electron chi connectivity index (χ1n) is 3.39. The first-order valence-corrected chi connectivity index (χ1v) is 3.76.